The summed E-state index contributed by atoms with van der Waals surface area (Å²) in [5.41, 5.74) is 1.85. The lowest BCUT2D eigenvalue weighted by atomic mass is 10.1. The summed E-state index contributed by atoms with van der Waals surface area (Å²) in [4.78, 5) is 16.8. The van der Waals surface area contributed by atoms with Crippen LogP contribution in [0.15, 0.2) is 52.1 Å². The average molecular weight is 557 g/mol. The van der Waals surface area contributed by atoms with E-state index in [4.69, 9.17) is 36.0 Å². The number of amides is 1. The molecule has 0 aliphatic carbocycles. The van der Waals surface area contributed by atoms with Crippen molar-refractivity contribution in [1.82, 2.24) is 5.01 Å². The summed E-state index contributed by atoms with van der Waals surface area (Å²) in [6.07, 6.45) is 1.55. The monoisotopic (exact) mass is 556 g/mol. The zero-order valence-corrected chi connectivity index (χ0v) is 23.2. The minimum Gasteiger partial charge on any atom is -0.493 e. The van der Waals surface area contributed by atoms with Crippen molar-refractivity contribution in [2.75, 3.05) is 33.5 Å². The number of nitrogens with one attached hydrogen (secondary N) is 1. The molecule has 0 spiro atoms. The zero-order chi connectivity index (χ0) is 27.2. The Morgan fingerprint density at radius 2 is 1.82 bits per heavy atom. The van der Waals surface area contributed by atoms with Gasteiger partial charge in [-0.2, -0.15) is 15.1 Å². The number of ether oxygens (including phenoxy) is 4. The van der Waals surface area contributed by atoms with Gasteiger partial charge in [-0.25, -0.2) is 0 Å². The van der Waals surface area contributed by atoms with Gasteiger partial charge in [-0.1, -0.05) is 43.1 Å². The van der Waals surface area contributed by atoms with E-state index in [1.165, 1.54) is 29.4 Å². The number of halogens is 1. The maximum Gasteiger partial charge on any atom is 0.283 e. The van der Waals surface area contributed by atoms with Crippen molar-refractivity contribution in [3.63, 3.8) is 0 Å². The number of hydrazone groups is 1. The molecule has 11 heteroatoms. The number of benzene rings is 2. The third kappa shape index (κ3) is 6.56. The highest BCUT2D eigenvalue weighted by molar-refractivity contribution is 8.27. The summed E-state index contributed by atoms with van der Waals surface area (Å²) in [7, 11) is 1.50. The summed E-state index contributed by atoms with van der Waals surface area (Å²) >= 11 is 7.80. The normalized spacial score (nSPS) is 16.1. The van der Waals surface area contributed by atoms with E-state index >= 15 is 0 Å². The molecule has 0 unspecified atom stereocenters. The predicted molar refractivity (Wildman–Crippen MR) is 151 cm³/mol. The topological polar surface area (TPSA) is 106 Å². The van der Waals surface area contributed by atoms with Gasteiger partial charge < -0.3 is 18.9 Å². The molecule has 2 aliphatic heterocycles. The van der Waals surface area contributed by atoms with Gasteiger partial charge in [-0.15, -0.1) is 0 Å². The first kappa shape index (κ1) is 27.7. The van der Waals surface area contributed by atoms with Crippen LogP contribution < -0.4 is 14.2 Å². The van der Waals surface area contributed by atoms with Crippen LogP contribution in [0.2, 0.25) is 5.02 Å². The molecule has 1 amide bonds. The molecule has 200 valence electrons. The Bertz CT molecular complexity index is 1310. The van der Waals surface area contributed by atoms with Crippen LogP contribution in [-0.2, 0) is 9.53 Å². The van der Waals surface area contributed by atoms with E-state index in [9.17, 15) is 4.79 Å². The molecule has 0 bridgehead atoms. The minimum absolute atomic E-state index is 0.0397. The lowest BCUT2D eigenvalue weighted by Gasteiger charge is -2.20. The van der Waals surface area contributed by atoms with Crippen LogP contribution in [0.25, 0.3) is 6.08 Å². The standard InChI is InChI=1S/C27H29ClN4O5S/c1-16(2)26-31-32-24(29)20(25(33)30-27(32)38-26)13-18-14-21(28)23(22(15-18)34-4)37-12-10-35-9-11-36-19-7-5-17(3)6-8-19/h5-8,13-16,29H,9-12H2,1-4H3/b20-13-,29-24?. The molecule has 2 aromatic rings. The SMILES string of the molecule is COc1cc(/C=C2/C(=N)N3N=C(C(C)C)SC3=NC2=O)cc(Cl)c1OCCOCCOc1ccc(C)cc1. The quantitative estimate of drug-likeness (QED) is 0.291. The Labute approximate surface area is 231 Å². The number of nitrogens with zero attached hydrogens (tertiary/aromatic N) is 3. The van der Waals surface area contributed by atoms with Crippen LogP contribution in [0, 0.1) is 18.3 Å². The van der Waals surface area contributed by atoms with Crippen molar-refractivity contribution in [3.8, 4) is 17.2 Å². The van der Waals surface area contributed by atoms with E-state index in [1.807, 2.05) is 45.0 Å². The van der Waals surface area contributed by atoms with Gasteiger partial charge in [0.15, 0.2) is 17.3 Å². The largest absolute Gasteiger partial charge is 0.493 e. The van der Waals surface area contributed by atoms with E-state index < -0.39 is 5.91 Å². The minimum atomic E-state index is -0.507. The molecule has 0 atom stereocenters. The van der Waals surface area contributed by atoms with Gasteiger partial charge in [0, 0.05) is 5.92 Å². The molecule has 0 saturated carbocycles. The second-order valence-corrected chi connectivity index (χ2v) is 10.2. The van der Waals surface area contributed by atoms with Gasteiger partial charge in [0.25, 0.3) is 5.91 Å². The number of rotatable bonds is 11. The number of hydrogen-bond donors (Lipinski definition) is 1. The third-order valence-electron chi connectivity index (χ3n) is 5.52. The second-order valence-electron chi connectivity index (χ2n) is 8.77. The zero-order valence-electron chi connectivity index (χ0n) is 21.6. The Hall–Kier alpha value is -3.34. The predicted octanol–water partition coefficient (Wildman–Crippen LogP) is 5.41. The van der Waals surface area contributed by atoms with E-state index in [2.05, 4.69) is 10.1 Å². The molecule has 0 radical (unpaired) electrons. The van der Waals surface area contributed by atoms with E-state index in [0.717, 1.165) is 10.8 Å². The lowest BCUT2D eigenvalue weighted by Crippen LogP contribution is -2.35. The fourth-order valence-electron chi connectivity index (χ4n) is 3.53. The van der Waals surface area contributed by atoms with Gasteiger partial charge in [-0.05, 0) is 54.6 Å². The van der Waals surface area contributed by atoms with Crippen molar-refractivity contribution < 1.29 is 23.7 Å². The van der Waals surface area contributed by atoms with Gasteiger partial charge in [-0.3, -0.25) is 10.2 Å². The first-order valence-electron chi connectivity index (χ1n) is 12.0. The molecule has 0 aromatic heterocycles. The molecule has 9 nitrogen and oxygen atoms in total. The summed E-state index contributed by atoms with van der Waals surface area (Å²) in [5, 5.41) is 15.8. The van der Waals surface area contributed by atoms with Crippen LogP contribution >= 0.6 is 23.4 Å². The summed E-state index contributed by atoms with van der Waals surface area (Å²) in [5.74, 6) is 1.17. The van der Waals surface area contributed by atoms with E-state index in [1.54, 1.807) is 18.2 Å². The van der Waals surface area contributed by atoms with E-state index in [0.29, 0.717) is 47.1 Å². The summed E-state index contributed by atoms with van der Waals surface area (Å²) in [6, 6.07) is 11.2. The number of amidine groups is 2. The molecule has 2 aromatic carbocycles. The number of thioether (sulfide) groups is 1. The number of fused-ring (bicyclic) bond motifs is 1. The maximum absolute atomic E-state index is 12.7. The Kier molecular flexibility index (Phi) is 9.09. The van der Waals surface area contributed by atoms with Crippen molar-refractivity contribution >= 4 is 51.4 Å². The summed E-state index contributed by atoms with van der Waals surface area (Å²) < 4.78 is 22.5. The Morgan fingerprint density at radius 3 is 2.50 bits per heavy atom. The highest BCUT2D eigenvalue weighted by Gasteiger charge is 2.36. The van der Waals surface area contributed by atoms with Gasteiger partial charge in [0.2, 0.25) is 5.17 Å². The number of carbonyl (C=O) groups is 1. The van der Waals surface area contributed by atoms with Crippen LogP contribution in [0.1, 0.15) is 25.0 Å². The second kappa shape index (κ2) is 12.5. The van der Waals surface area contributed by atoms with Gasteiger partial charge in [0.05, 0.1) is 30.9 Å². The van der Waals surface area contributed by atoms with Crippen molar-refractivity contribution in [1.29, 1.82) is 5.41 Å². The smallest absolute Gasteiger partial charge is 0.283 e. The highest BCUT2D eigenvalue weighted by Crippen LogP contribution is 2.38. The molecule has 0 fully saturated rings. The van der Waals surface area contributed by atoms with Crippen molar-refractivity contribution in [3.05, 3.63) is 58.1 Å². The number of hydrogen-bond acceptors (Lipinski definition) is 8. The molecular weight excluding hydrogens is 528 g/mol. The van der Waals surface area contributed by atoms with Gasteiger partial charge in [0.1, 0.15) is 24.0 Å². The molecule has 0 saturated heterocycles. The number of carbonyl (C=O) groups excluding carboxylic acids is 1. The molecule has 2 heterocycles. The molecule has 1 N–H and O–H groups in total. The average Bonchev–Trinajstić information content (AvgIpc) is 3.32. The lowest BCUT2D eigenvalue weighted by molar-refractivity contribution is -0.114. The maximum atomic E-state index is 12.7. The first-order valence-corrected chi connectivity index (χ1v) is 13.2. The fourth-order valence-corrected chi connectivity index (χ4v) is 4.69. The van der Waals surface area contributed by atoms with Crippen molar-refractivity contribution in [2.45, 2.75) is 20.8 Å². The number of aryl methyl sites for hydroxylation is 1. The van der Waals surface area contributed by atoms with Gasteiger partial charge >= 0.3 is 0 Å². The molecular formula is C27H29ClN4O5S. The first-order chi connectivity index (χ1) is 18.3. The Morgan fingerprint density at radius 1 is 1.11 bits per heavy atom. The molecule has 38 heavy (non-hydrogen) atoms. The molecule has 2 aliphatic rings. The highest BCUT2D eigenvalue weighted by atomic mass is 35.5. The van der Waals surface area contributed by atoms with Crippen LogP contribution in [0.3, 0.4) is 0 Å². The fraction of sp³-hybridized carbons (Fsp3) is 0.333. The number of aliphatic imine (C=N–C) groups is 1. The van der Waals surface area contributed by atoms with Crippen LogP contribution in [0.4, 0.5) is 0 Å². The van der Waals surface area contributed by atoms with Crippen LogP contribution in [0.5, 0.6) is 17.2 Å². The van der Waals surface area contributed by atoms with Crippen molar-refractivity contribution in [2.24, 2.45) is 16.0 Å². The summed E-state index contributed by atoms with van der Waals surface area (Å²) in [6.45, 7) is 7.45. The van der Waals surface area contributed by atoms with E-state index in [-0.39, 0.29) is 23.9 Å². The Balaban J connectivity index is 1.35. The molecule has 4 rings (SSSR count). The third-order valence-corrected chi connectivity index (χ3v) is 7.01. The van der Waals surface area contributed by atoms with Crippen LogP contribution in [-0.4, -0.2) is 60.5 Å². The number of methoxy groups -OCH3 is 1.